The van der Waals surface area contributed by atoms with Crippen LogP contribution in [0.15, 0.2) is 71.4 Å². The van der Waals surface area contributed by atoms with Crippen molar-refractivity contribution < 1.29 is 13.9 Å². The molecule has 0 saturated heterocycles. The van der Waals surface area contributed by atoms with Crippen LogP contribution in [-0.2, 0) is 17.9 Å². The number of carbonyl (C=O) groups excluding carboxylic acids is 1. The molecule has 0 aliphatic heterocycles. The molecule has 6 heteroatoms. The lowest BCUT2D eigenvalue weighted by molar-refractivity contribution is 0.0992. The van der Waals surface area contributed by atoms with Crippen molar-refractivity contribution in [1.29, 1.82) is 0 Å². The van der Waals surface area contributed by atoms with E-state index in [9.17, 15) is 4.79 Å². The molecule has 2 aromatic carbocycles. The molecule has 6 nitrogen and oxygen atoms in total. The van der Waals surface area contributed by atoms with Crippen molar-refractivity contribution in [2.45, 2.75) is 13.2 Å². The molecule has 1 N–H and O–H groups in total. The van der Waals surface area contributed by atoms with Gasteiger partial charge in [0.15, 0.2) is 5.76 Å². The highest BCUT2D eigenvalue weighted by atomic mass is 16.5. The third-order valence-corrected chi connectivity index (χ3v) is 4.35. The summed E-state index contributed by atoms with van der Waals surface area (Å²) in [7, 11) is 1.60. The molecule has 0 bridgehead atoms. The molecule has 0 aliphatic rings. The van der Waals surface area contributed by atoms with E-state index in [1.54, 1.807) is 13.3 Å². The second kappa shape index (κ2) is 7.47. The Kier molecular flexibility index (Phi) is 4.72. The monoisotopic (exact) mass is 361 g/mol. The average Bonchev–Trinajstić information content (AvgIpc) is 3.32. The van der Waals surface area contributed by atoms with Crippen LogP contribution in [-0.4, -0.2) is 22.8 Å². The molecule has 0 atom stereocenters. The zero-order chi connectivity index (χ0) is 18.6. The Morgan fingerprint density at radius 3 is 2.78 bits per heavy atom. The van der Waals surface area contributed by atoms with Crippen molar-refractivity contribution in [3.8, 4) is 0 Å². The molecule has 0 aliphatic carbocycles. The average molecular weight is 361 g/mol. The van der Waals surface area contributed by atoms with Gasteiger partial charge in [-0.15, -0.1) is 0 Å². The first-order valence-electron chi connectivity index (χ1n) is 8.62. The van der Waals surface area contributed by atoms with Crippen LogP contribution in [0.4, 0.5) is 5.69 Å². The first-order valence-corrected chi connectivity index (χ1v) is 8.62. The second-order valence-corrected chi connectivity index (χ2v) is 6.15. The van der Waals surface area contributed by atoms with Gasteiger partial charge in [-0.25, -0.2) is 0 Å². The van der Waals surface area contributed by atoms with Gasteiger partial charge in [0, 0.05) is 36.1 Å². The standard InChI is InChI=1S/C21H19N3O3/c1-26-14-17-16-8-3-5-10-19(16)27-20(17)21(25)23-18-9-4-2-7-15(18)13-24-12-6-11-22-24/h2-12H,13-14H2,1H3,(H,23,25). The fourth-order valence-corrected chi connectivity index (χ4v) is 3.10. The number of hydrogen-bond acceptors (Lipinski definition) is 4. The van der Waals surface area contributed by atoms with Gasteiger partial charge in [-0.3, -0.25) is 9.48 Å². The van der Waals surface area contributed by atoms with E-state index in [0.29, 0.717) is 18.7 Å². The molecular weight excluding hydrogens is 342 g/mol. The number of anilines is 1. The third kappa shape index (κ3) is 3.47. The number of aromatic nitrogens is 2. The van der Waals surface area contributed by atoms with Crippen molar-refractivity contribution in [3.63, 3.8) is 0 Å². The molecule has 2 heterocycles. The second-order valence-electron chi connectivity index (χ2n) is 6.15. The van der Waals surface area contributed by atoms with E-state index < -0.39 is 0 Å². The molecule has 2 aromatic heterocycles. The maximum absolute atomic E-state index is 13.0. The number of carbonyl (C=O) groups is 1. The van der Waals surface area contributed by atoms with Gasteiger partial charge in [0.2, 0.25) is 0 Å². The molecular formula is C21H19N3O3. The molecule has 27 heavy (non-hydrogen) atoms. The normalized spacial score (nSPS) is 11.0. The van der Waals surface area contributed by atoms with Gasteiger partial charge >= 0.3 is 0 Å². The number of hydrogen-bond donors (Lipinski definition) is 1. The van der Waals surface area contributed by atoms with E-state index in [1.165, 1.54) is 0 Å². The van der Waals surface area contributed by atoms with Crippen LogP contribution in [0, 0.1) is 0 Å². The third-order valence-electron chi connectivity index (χ3n) is 4.35. The zero-order valence-corrected chi connectivity index (χ0v) is 14.9. The fourth-order valence-electron chi connectivity index (χ4n) is 3.10. The number of amides is 1. The van der Waals surface area contributed by atoms with E-state index in [-0.39, 0.29) is 11.7 Å². The van der Waals surface area contributed by atoms with E-state index in [2.05, 4.69) is 10.4 Å². The lowest BCUT2D eigenvalue weighted by Gasteiger charge is -2.11. The molecule has 4 aromatic rings. The van der Waals surface area contributed by atoms with E-state index in [4.69, 9.17) is 9.15 Å². The molecule has 0 spiro atoms. The van der Waals surface area contributed by atoms with Crippen molar-refractivity contribution in [3.05, 3.63) is 83.9 Å². The minimum absolute atomic E-state index is 0.270. The Morgan fingerprint density at radius 1 is 1.15 bits per heavy atom. The molecule has 0 radical (unpaired) electrons. The van der Waals surface area contributed by atoms with Crippen molar-refractivity contribution >= 4 is 22.6 Å². The van der Waals surface area contributed by atoms with Gasteiger partial charge in [0.25, 0.3) is 5.91 Å². The quantitative estimate of drug-likeness (QED) is 0.562. The smallest absolute Gasteiger partial charge is 0.291 e. The summed E-state index contributed by atoms with van der Waals surface area (Å²) in [6.45, 7) is 0.864. The van der Waals surface area contributed by atoms with Crippen molar-refractivity contribution in [1.82, 2.24) is 9.78 Å². The summed E-state index contributed by atoms with van der Waals surface area (Å²) in [6, 6.07) is 17.1. The summed E-state index contributed by atoms with van der Waals surface area (Å²) in [4.78, 5) is 13.0. The Bertz CT molecular complexity index is 1070. The maximum atomic E-state index is 13.0. The summed E-state index contributed by atoms with van der Waals surface area (Å²) < 4.78 is 12.9. The van der Waals surface area contributed by atoms with E-state index >= 15 is 0 Å². The van der Waals surface area contributed by atoms with E-state index in [0.717, 1.165) is 22.2 Å². The van der Waals surface area contributed by atoms with Gasteiger partial charge in [0.05, 0.1) is 13.2 Å². The van der Waals surface area contributed by atoms with Crippen LogP contribution < -0.4 is 5.32 Å². The highest BCUT2D eigenvalue weighted by Gasteiger charge is 2.21. The largest absolute Gasteiger partial charge is 0.451 e. The fraction of sp³-hybridized carbons (Fsp3) is 0.143. The van der Waals surface area contributed by atoms with Crippen molar-refractivity contribution in [2.24, 2.45) is 0 Å². The first kappa shape index (κ1) is 17.1. The molecule has 0 fully saturated rings. The number of para-hydroxylation sites is 2. The zero-order valence-electron chi connectivity index (χ0n) is 14.9. The summed E-state index contributed by atoms with van der Waals surface area (Å²) in [5, 5.41) is 8.08. The van der Waals surface area contributed by atoms with E-state index in [1.807, 2.05) is 65.5 Å². The lowest BCUT2D eigenvalue weighted by atomic mass is 10.1. The van der Waals surface area contributed by atoms with Gasteiger partial charge in [-0.2, -0.15) is 5.10 Å². The number of methoxy groups -OCH3 is 1. The lowest BCUT2D eigenvalue weighted by Crippen LogP contribution is -2.15. The maximum Gasteiger partial charge on any atom is 0.291 e. The Hall–Kier alpha value is -3.38. The molecule has 136 valence electrons. The molecule has 0 unspecified atom stereocenters. The number of fused-ring (bicyclic) bond motifs is 1. The number of ether oxygens (including phenoxy) is 1. The summed E-state index contributed by atoms with van der Waals surface area (Å²) in [6.07, 6.45) is 3.61. The van der Waals surface area contributed by atoms with Gasteiger partial charge in [-0.1, -0.05) is 36.4 Å². The van der Waals surface area contributed by atoms with Gasteiger partial charge < -0.3 is 14.5 Å². The Labute approximate surface area is 156 Å². The predicted octanol–water partition coefficient (Wildman–Crippen LogP) is 4.08. The first-order chi connectivity index (χ1) is 13.3. The number of nitrogens with zero attached hydrogens (tertiary/aromatic N) is 2. The Balaban J connectivity index is 1.65. The van der Waals surface area contributed by atoms with Crippen LogP contribution in [0.25, 0.3) is 11.0 Å². The molecule has 0 saturated carbocycles. The van der Waals surface area contributed by atoms with Gasteiger partial charge in [0.1, 0.15) is 5.58 Å². The Morgan fingerprint density at radius 2 is 1.96 bits per heavy atom. The highest BCUT2D eigenvalue weighted by Crippen LogP contribution is 2.28. The number of furan rings is 1. The SMILES string of the molecule is COCc1c(C(=O)Nc2ccccc2Cn2cccn2)oc2ccccc12. The highest BCUT2D eigenvalue weighted by molar-refractivity contribution is 6.06. The molecule has 4 rings (SSSR count). The molecule has 1 amide bonds. The number of benzene rings is 2. The van der Waals surface area contributed by atoms with Crippen LogP contribution in [0.2, 0.25) is 0 Å². The number of nitrogens with one attached hydrogen (secondary N) is 1. The minimum Gasteiger partial charge on any atom is -0.451 e. The van der Waals surface area contributed by atoms with Crippen LogP contribution >= 0.6 is 0 Å². The summed E-state index contributed by atoms with van der Waals surface area (Å²) in [5.74, 6) is -0.0295. The van der Waals surface area contributed by atoms with Gasteiger partial charge in [-0.05, 0) is 23.8 Å². The number of rotatable bonds is 6. The minimum atomic E-state index is -0.300. The summed E-state index contributed by atoms with van der Waals surface area (Å²) in [5.41, 5.74) is 3.09. The topological polar surface area (TPSA) is 69.3 Å². The van der Waals surface area contributed by atoms with Crippen LogP contribution in [0.3, 0.4) is 0 Å². The summed E-state index contributed by atoms with van der Waals surface area (Å²) >= 11 is 0. The van der Waals surface area contributed by atoms with Crippen LogP contribution in [0.5, 0.6) is 0 Å². The predicted molar refractivity (Wildman–Crippen MR) is 103 cm³/mol. The van der Waals surface area contributed by atoms with Crippen molar-refractivity contribution in [2.75, 3.05) is 12.4 Å². The van der Waals surface area contributed by atoms with Crippen LogP contribution in [0.1, 0.15) is 21.7 Å².